The standard InChI is InChI=1S/C22H25N3O3S2/c1-15-9-11-16(12-10-15)21-24-18(14-29-21)20(26)23-13-17-7-5-6-8-19(17)30(27,28)25-22(2,3)4/h5-12,14,25H,13H2,1-4H3,(H,23,26). The first-order valence-electron chi connectivity index (χ1n) is 9.48. The van der Waals surface area contributed by atoms with E-state index in [4.69, 9.17) is 0 Å². The molecule has 1 heterocycles. The topological polar surface area (TPSA) is 88.2 Å². The first-order chi connectivity index (χ1) is 14.0. The molecule has 1 aromatic heterocycles. The van der Waals surface area contributed by atoms with E-state index in [1.807, 2.05) is 31.2 Å². The van der Waals surface area contributed by atoms with Crippen LogP contribution in [0.1, 0.15) is 42.4 Å². The Hall–Kier alpha value is -2.55. The average molecular weight is 444 g/mol. The third-order valence-corrected chi connectivity index (χ3v) is 6.93. The number of carbonyl (C=O) groups is 1. The fourth-order valence-corrected chi connectivity index (χ4v) is 5.31. The van der Waals surface area contributed by atoms with Crippen LogP contribution >= 0.6 is 11.3 Å². The van der Waals surface area contributed by atoms with Crippen LogP contribution in [0.3, 0.4) is 0 Å². The molecule has 0 aliphatic carbocycles. The first kappa shape index (κ1) is 22.1. The molecule has 0 atom stereocenters. The predicted molar refractivity (Wildman–Crippen MR) is 120 cm³/mol. The number of rotatable bonds is 6. The number of aryl methyl sites for hydroxylation is 1. The molecule has 2 aromatic carbocycles. The maximum atomic E-state index is 12.7. The minimum Gasteiger partial charge on any atom is -0.347 e. The summed E-state index contributed by atoms with van der Waals surface area (Å²) in [6.45, 7) is 7.44. The molecular weight excluding hydrogens is 418 g/mol. The number of hydrogen-bond donors (Lipinski definition) is 2. The number of nitrogens with zero attached hydrogens (tertiary/aromatic N) is 1. The van der Waals surface area contributed by atoms with E-state index in [-0.39, 0.29) is 17.3 Å². The Morgan fingerprint density at radius 1 is 1.07 bits per heavy atom. The van der Waals surface area contributed by atoms with E-state index in [1.165, 1.54) is 17.4 Å². The van der Waals surface area contributed by atoms with Gasteiger partial charge in [0.25, 0.3) is 5.91 Å². The smallest absolute Gasteiger partial charge is 0.271 e. The summed E-state index contributed by atoms with van der Waals surface area (Å²) in [5, 5.41) is 5.24. The van der Waals surface area contributed by atoms with Crippen molar-refractivity contribution in [3.8, 4) is 10.6 Å². The molecule has 0 spiro atoms. The van der Waals surface area contributed by atoms with Gasteiger partial charge in [0, 0.05) is 23.0 Å². The predicted octanol–water partition coefficient (Wildman–Crippen LogP) is 4.13. The van der Waals surface area contributed by atoms with Gasteiger partial charge < -0.3 is 5.32 Å². The molecule has 0 radical (unpaired) electrons. The van der Waals surface area contributed by atoms with Crippen LogP contribution in [-0.4, -0.2) is 24.8 Å². The maximum absolute atomic E-state index is 12.7. The minimum absolute atomic E-state index is 0.0808. The fourth-order valence-electron chi connectivity index (χ4n) is 2.84. The molecule has 0 aliphatic rings. The fraction of sp³-hybridized carbons (Fsp3) is 0.273. The van der Waals surface area contributed by atoms with Crippen molar-refractivity contribution in [3.63, 3.8) is 0 Å². The molecule has 3 rings (SSSR count). The quantitative estimate of drug-likeness (QED) is 0.600. The summed E-state index contributed by atoms with van der Waals surface area (Å²) in [7, 11) is -3.71. The van der Waals surface area contributed by atoms with Gasteiger partial charge >= 0.3 is 0 Å². The summed E-state index contributed by atoms with van der Waals surface area (Å²) in [6, 6.07) is 14.6. The van der Waals surface area contributed by atoms with Gasteiger partial charge in [0.05, 0.1) is 4.90 Å². The van der Waals surface area contributed by atoms with E-state index in [1.54, 1.807) is 44.4 Å². The van der Waals surface area contributed by atoms with Gasteiger partial charge in [0.15, 0.2) is 0 Å². The van der Waals surface area contributed by atoms with E-state index in [0.29, 0.717) is 11.3 Å². The van der Waals surface area contributed by atoms with E-state index < -0.39 is 15.6 Å². The van der Waals surface area contributed by atoms with E-state index >= 15 is 0 Å². The highest BCUT2D eigenvalue weighted by Crippen LogP contribution is 2.24. The Kier molecular flexibility index (Phi) is 6.40. The van der Waals surface area contributed by atoms with Gasteiger partial charge in [-0.2, -0.15) is 0 Å². The second-order valence-corrected chi connectivity index (χ2v) is 10.6. The van der Waals surface area contributed by atoms with Crippen LogP contribution in [0.25, 0.3) is 10.6 Å². The molecule has 158 valence electrons. The highest BCUT2D eigenvalue weighted by molar-refractivity contribution is 7.89. The molecule has 0 unspecified atom stereocenters. The van der Waals surface area contributed by atoms with Crippen molar-refractivity contribution in [3.05, 3.63) is 70.7 Å². The van der Waals surface area contributed by atoms with Crippen LogP contribution in [0.2, 0.25) is 0 Å². The van der Waals surface area contributed by atoms with Crippen molar-refractivity contribution in [2.45, 2.75) is 44.7 Å². The lowest BCUT2D eigenvalue weighted by molar-refractivity contribution is 0.0946. The Balaban J connectivity index is 1.74. The molecule has 0 fully saturated rings. The Bertz CT molecular complexity index is 1140. The van der Waals surface area contributed by atoms with Crippen molar-refractivity contribution in [1.29, 1.82) is 0 Å². The number of aromatic nitrogens is 1. The molecular formula is C22H25N3O3S2. The zero-order valence-corrected chi connectivity index (χ0v) is 19.0. The van der Waals surface area contributed by atoms with Gasteiger partial charge in [-0.1, -0.05) is 48.0 Å². The van der Waals surface area contributed by atoms with Gasteiger partial charge in [-0.15, -0.1) is 11.3 Å². The number of benzene rings is 2. The van der Waals surface area contributed by atoms with Crippen LogP contribution < -0.4 is 10.0 Å². The molecule has 0 saturated heterocycles. The lowest BCUT2D eigenvalue weighted by Gasteiger charge is -2.21. The SMILES string of the molecule is Cc1ccc(-c2nc(C(=O)NCc3ccccc3S(=O)(=O)NC(C)(C)C)cs2)cc1. The summed E-state index contributed by atoms with van der Waals surface area (Å²) in [6.07, 6.45) is 0. The number of carbonyl (C=O) groups excluding carboxylic acids is 1. The Morgan fingerprint density at radius 3 is 2.40 bits per heavy atom. The molecule has 6 nitrogen and oxygen atoms in total. The number of sulfonamides is 1. The number of nitrogens with one attached hydrogen (secondary N) is 2. The molecule has 0 saturated carbocycles. The van der Waals surface area contributed by atoms with Crippen molar-refractivity contribution in [2.24, 2.45) is 0 Å². The zero-order valence-electron chi connectivity index (χ0n) is 17.4. The van der Waals surface area contributed by atoms with Gasteiger partial charge in [0.1, 0.15) is 10.7 Å². The Morgan fingerprint density at radius 2 is 1.73 bits per heavy atom. The largest absolute Gasteiger partial charge is 0.347 e. The summed E-state index contributed by atoms with van der Waals surface area (Å²) in [5.74, 6) is -0.347. The third kappa shape index (κ3) is 5.53. The van der Waals surface area contributed by atoms with Crippen LogP contribution in [-0.2, 0) is 16.6 Å². The van der Waals surface area contributed by atoms with Crippen LogP contribution in [0, 0.1) is 6.92 Å². The van der Waals surface area contributed by atoms with Gasteiger partial charge in [-0.05, 0) is 39.3 Å². The number of thiazole rings is 1. The summed E-state index contributed by atoms with van der Waals surface area (Å²) >= 11 is 1.39. The Labute approximate surface area is 181 Å². The lowest BCUT2D eigenvalue weighted by atomic mass is 10.1. The second kappa shape index (κ2) is 8.67. The minimum atomic E-state index is -3.71. The lowest BCUT2D eigenvalue weighted by Crippen LogP contribution is -2.41. The highest BCUT2D eigenvalue weighted by Gasteiger charge is 2.24. The van der Waals surface area contributed by atoms with Crippen molar-refractivity contribution in [2.75, 3.05) is 0 Å². The van der Waals surface area contributed by atoms with Crippen LogP contribution in [0.5, 0.6) is 0 Å². The van der Waals surface area contributed by atoms with Crippen molar-refractivity contribution in [1.82, 2.24) is 15.0 Å². The third-order valence-electron chi connectivity index (χ3n) is 4.18. The van der Waals surface area contributed by atoms with E-state index in [2.05, 4.69) is 15.0 Å². The van der Waals surface area contributed by atoms with E-state index in [0.717, 1.165) is 16.1 Å². The number of hydrogen-bond acceptors (Lipinski definition) is 5. The normalized spacial score (nSPS) is 12.0. The van der Waals surface area contributed by atoms with Crippen molar-refractivity contribution < 1.29 is 13.2 Å². The summed E-state index contributed by atoms with van der Waals surface area (Å²) < 4.78 is 28.1. The monoisotopic (exact) mass is 443 g/mol. The molecule has 0 aliphatic heterocycles. The molecule has 3 aromatic rings. The van der Waals surface area contributed by atoms with Crippen LogP contribution in [0.4, 0.5) is 0 Å². The van der Waals surface area contributed by atoms with Gasteiger partial charge in [-0.25, -0.2) is 18.1 Å². The molecule has 2 N–H and O–H groups in total. The van der Waals surface area contributed by atoms with Gasteiger partial charge in [0.2, 0.25) is 10.0 Å². The van der Waals surface area contributed by atoms with Crippen LogP contribution in [0.15, 0.2) is 58.8 Å². The summed E-state index contributed by atoms with van der Waals surface area (Å²) in [5.41, 5.74) is 2.32. The molecule has 0 bridgehead atoms. The number of amides is 1. The maximum Gasteiger partial charge on any atom is 0.271 e. The molecule has 1 amide bonds. The van der Waals surface area contributed by atoms with Crippen molar-refractivity contribution >= 4 is 27.3 Å². The van der Waals surface area contributed by atoms with Gasteiger partial charge in [-0.3, -0.25) is 4.79 Å². The summed E-state index contributed by atoms with van der Waals surface area (Å²) in [4.78, 5) is 17.1. The first-order valence-corrected chi connectivity index (χ1v) is 11.8. The second-order valence-electron chi connectivity index (χ2n) is 8.05. The average Bonchev–Trinajstić information content (AvgIpc) is 3.15. The van der Waals surface area contributed by atoms with E-state index in [9.17, 15) is 13.2 Å². The molecule has 8 heteroatoms. The zero-order chi connectivity index (χ0) is 21.9. The highest BCUT2D eigenvalue weighted by atomic mass is 32.2. The molecule has 30 heavy (non-hydrogen) atoms.